The fraction of sp³-hybridized carbons (Fsp3) is 0.923. The number of carbonyl (C=O) groups excluding carboxylic acids is 1. The summed E-state index contributed by atoms with van der Waals surface area (Å²) >= 11 is 0. The molecular weight excluding hydrogens is 321 g/mol. The van der Waals surface area contributed by atoms with Crippen LogP contribution in [0.5, 0.6) is 0 Å². The van der Waals surface area contributed by atoms with Crippen LogP contribution >= 0.6 is 0 Å². The molecule has 9 heteroatoms. The average molecular weight is 342 g/mol. The van der Waals surface area contributed by atoms with Crippen molar-refractivity contribution >= 4 is 15.9 Å². The van der Waals surface area contributed by atoms with Crippen LogP contribution in [-0.2, 0) is 14.8 Å². The highest BCUT2D eigenvalue weighted by atomic mass is 32.2. The Bertz CT molecular complexity index is 507. The lowest BCUT2D eigenvalue weighted by atomic mass is 9.78. The number of carbonyl (C=O) groups is 1. The van der Waals surface area contributed by atoms with E-state index in [2.05, 4.69) is 5.32 Å². The number of hydrogen-bond acceptors (Lipinski definition) is 3. The molecule has 0 radical (unpaired) electrons. The summed E-state index contributed by atoms with van der Waals surface area (Å²) in [6.45, 7) is 0.587. The zero-order chi connectivity index (χ0) is 16.4. The number of amides is 1. The molecule has 1 aliphatic carbocycles. The first-order valence-corrected chi connectivity index (χ1v) is 9.15. The Hall–Kier alpha value is -0.830. The quantitative estimate of drug-likeness (QED) is 0.842. The highest BCUT2D eigenvalue weighted by Crippen LogP contribution is 2.41. The van der Waals surface area contributed by atoms with Crippen LogP contribution in [0, 0.1) is 11.8 Å². The van der Waals surface area contributed by atoms with Gasteiger partial charge in [-0.05, 0) is 19.3 Å². The molecule has 1 N–H and O–H groups in total. The molecule has 0 aromatic rings. The number of rotatable bonds is 4. The van der Waals surface area contributed by atoms with Crippen molar-refractivity contribution in [2.45, 2.75) is 38.3 Å². The van der Waals surface area contributed by atoms with Crippen LogP contribution in [-0.4, -0.2) is 50.2 Å². The summed E-state index contributed by atoms with van der Waals surface area (Å²) in [4.78, 5) is 12.0. The Kier molecular flexibility index (Phi) is 5.37. The first kappa shape index (κ1) is 17.5. The van der Waals surface area contributed by atoms with E-state index in [1.165, 1.54) is 4.31 Å². The van der Waals surface area contributed by atoms with Gasteiger partial charge in [0.05, 0.1) is 11.7 Å². The van der Waals surface area contributed by atoms with Gasteiger partial charge in [0.2, 0.25) is 15.9 Å². The normalized spacial score (nSPS) is 29.4. The minimum Gasteiger partial charge on any atom is -0.355 e. The third-order valence-electron chi connectivity index (χ3n) is 4.39. The van der Waals surface area contributed by atoms with Crippen molar-refractivity contribution in [3.63, 3.8) is 0 Å². The summed E-state index contributed by atoms with van der Waals surface area (Å²) in [5.41, 5.74) is 0. The van der Waals surface area contributed by atoms with Gasteiger partial charge in [0, 0.05) is 25.6 Å². The SMILES string of the molecule is O=C(NCCN1CCCS1(=O)=O)[C@@H]1CCCC[C@@H]1C(F)(F)F. The van der Waals surface area contributed by atoms with E-state index in [9.17, 15) is 26.4 Å². The minimum atomic E-state index is -4.36. The monoisotopic (exact) mass is 342 g/mol. The van der Waals surface area contributed by atoms with Crippen LogP contribution < -0.4 is 5.32 Å². The van der Waals surface area contributed by atoms with Gasteiger partial charge in [-0.3, -0.25) is 4.79 Å². The summed E-state index contributed by atoms with van der Waals surface area (Å²) in [5.74, 6) is -3.15. The Morgan fingerprint density at radius 1 is 1.18 bits per heavy atom. The van der Waals surface area contributed by atoms with Gasteiger partial charge in [-0.2, -0.15) is 13.2 Å². The van der Waals surface area contributed by atoms with E-state index in [-0.39, 0.29) is 31.7 Å². The fourth-order valence-corrected chi connectivity index (χ4v) is 4.74. The van der Waals surface area contributed by atoms with Crippen LogP contribution in [0.25, 0.3) is 0 Å². The van der Waals surface area contributed by atoms with Crippen LogP contribution in [0.4, 0.5) is 13.2 Å². The van der Waals surface area contributed by atoms with Gasteiger partial charge in [0.25, 0.3) is 0 Å². The van der Waals surface area contributed by atoms with Gasteiger partial charge in [-0.25, -0.2) is 12.7 Å². The largest absolute Gasteiger partial charge is 0.392 e. The van der Waals surface area contributed by atoms with Gasteiger partial charge >= 0.3 is 6.18 Å². The van der Waals surface area contributed by atoms with Gasteiger partial charge in [-0.15, -0.1) is 0 Å². The Morgan fingerprint density at radius 3 is 2.45 bits per heavy atom. The highest BCUT2D eigenvalue weighted by molar-refractivity contribution is 7.89. The van der Waals surface area contributed by atoms with E-state index >= 15 is 0 Å². The number of nitrogens with zero attached hydrogens (tertiary/aromatic N) is 1. The number of hydrogen-bond donors (Lipinski definition) is 1. The first-order valence-electron chi connectivity index (χ1n) is 7.54. The smallest absolute Gasteiger partial charge is 0.355 e. The molecule has 1 saturated carbocycles. The number of halogens is 3. The summed E-state index contributed by atoms with van der Waals surface area (Å²) in [7, 11) is -3.24. The number of nitrogens with one attached hydrogen (secondary N) is 1. The second-order valence-electron chi connectivity index (χ2n) is 5.90. The van der Waals surface area contributed by atoms with Crippen LogP contribution in [0.2, 0.25) is 0 Å². The second kappa shape index (κ2) is 6.74. The molecule has 2 atom stereocenters. The average Bonchev–Trinajstić information content (AvgIpc) is 2.77. The maximum atomic E-state index is 13.0. The standard InChI is InChI=1S/C13H21F3N2O3S/c14-13(15,16)11-5-2-1-4-10(11)12(19)17-6-8-18-7-3-9-22(18,20)21/h10-11H,1-9H2,(H,17,19)/t10-,11+/m1/s1. The lowest BCUT2D eigenvalue weighted by molar-refractivity contribution is -0.198. The molecule has 128 valence electrons. The van der Waals surface area contributed by atoms with E-state index in [4.69, 9.17) is 0 Å². The van der Waals surface area contributed by atoms with Crippen molar-refractivity contribution in [1.29, 1.82) is 0 Å². The highest BCUT2D eigenvalue weighted by Gasteiger charge is 2.47. The first-order chi connectivity index (χ1) is 10.2. The van der Waals surface area contributed by atoms with Crippen LogP contribution in [0.1, 0.15) is 32.1 Å². The van der Waals surface area contributed by atoms with Crippen LogP contribution in [0.3, 0.4) is 0 Å². The van der Waals surface area contributed by atoms with Crippen molar-refractivity contribution in [3.05, 3.63) is 0 Å². The zero-order valence-electron chi connectivity index (χ0n) is 12.2. The lowest BCUT2D eigenvalue weighted by Gasteiger charge is -2.32. The van der Waals surface area contributed by atoms with Crippen molar-refractivity contribution in [2.24, 2.45) is 11.8 Å². The van der Waals surface area contributed by atoms with Gasteiger partial charge in [-0.1, -0.05) is 12.8 Å². The number of alkyl halides is 3. The van der Waals surface area contributed by atoms with Crippen LogP contribution in [0.15, 0.2) is 0 Å². The van der Waals surface area contributed by atoms with E-state index < -0.39 is 33.9 Å². The van der Waals surface area contributed by atoms with E-state index in [1.807, 2.05) is 0 Å². The predicted octanol–water partition coefficient (Wildman–Crippen LogP) is 1.51. The molecule has 2 fully saturated rings. The van der Waals surface area contributed by atoms with E-state index in [0.717, 1.165) is 0 Å². The van der Waals surface area contributed by atoms with E-state index in [1.54, 1.807) is 0 Å². The fourth-order valence-electron chi connectivity index (χ4n) is 3.21. The van der Waals surface area contributed by atoms with Crippen molar-refractivity contribution in [1.82, 2.24) is 9.62 Å². The second-order valence-corrected chi connectivity index (χ2v) is 7.99. The predicted molar refractivity (Wildman–Crippen MR) is 74.5 cm³/mol. The third kappa shape index (κ3) is 4.13. The summed E-state index contributed by atoms with van der Waals surface area (Å²) in [6.07, 6.45) is -2.49. The molecule has 1 saturated heterocycles. The lowest BCUT2D eigenvalue weighted by Crippen LogP contribution is -2.44. The van der Waals surface area contributed by atoms with Gasteiger partial charge in [0.15, 0.2) is 0 Å². The summed E-state index contributed by atoms with van der Waals surface area (Å²) in [5, 5.41) is 2.47. The van der Waals surface area contributed by atoms with Gasteiger partial charge < -0.3 is 5.32 Å². The number of sulfonamides is 1. The molecular formula is C13H21F3N2O3S. The maximum absolute atomic E-state index is 13.0. The Labute approximate surface area is 128 Å². The zero-order valence-corrected chi connectivity index (χ0v) is 13.0. The molecule has 0 unspecified atom stereocenters. The van der Waals surface area contributed by atoms with Crippen molar-refractivity contribution < 1.29 is 26.4 Å². The Morgan fingerprint density at radius 2 is 1.86 bits per heavy atom. The summed E-state index contributed by atoms with van der Waals surface area (Å²) in [6, 6.07) is 0. The van der Waals surface area contributed by atoms with Gasteiger partial charge in [0.1, 0.15) is 0 Å². The topological polar surface area (TPSA) is 66.5 Å². The molecule has 1 aliphatic heterocycles. The maximum Gasteiger partial charge on any atom is 0.392 e. The molecule has 0 spiro atoms. The van der Waals surface area contributed by atoms with Crippen molar-refractivity contribution in [2.75, 3.05) is 25.4 Å². The molecule has 0 bridgehead atoms. The molecule has 22 heavy (non-hydrogen) atoms. The third-order valence-corrected chi connectivity index (χ3v) is 6.34. The minimum absolute atomic E-state index is 0.0118. The van der Waals surface area contributed by atoms with E-state index in [0.29, 0.717) is 25.8 Å². The molecule has 0 aromatic heterocycles. The molecule has 1 heterocycles. The molecule has 2 aliphatic rings. The molecule has 0 aromatic carbocycles. The Balaban J connectivity index is 1.86. The molecule has 1 amide bonds. The molecule has 2 rings (SSSR count). The summed E-state index contributed by atoms with van der Waals surface area (Å²) < 4.78 is 63.3. The van der Waals surface area contributed by atoms with Crippen molar-refractivity contribution in [3.8, 4) is 0 Å². The molecule has 5 nitrogen and oxygen atoms in total.